The van der Waals surface area contributed by atoms with Gasteiger partial charge >= 0.3 is 0 Å². The fourth-order valence-electron chi connectivity index (χ4n) is 2.59. The molecular formula is C14H23N3O2S. The SMILES string of the molecule is CO[C@H]1CCCCC[C@H]1NC(=O)CSc1nccn1C. The Kier molecular flexibility index (Phi) is 5.91. The van der Waals surface area contributed by atoms with Gasteiger partial charge in [0, 0.05) is 26.6 Å². The van der Waals surface area contributed by atoms with Gasteiger partial charge in [0.1, 0.15) is 0 Å². The molecule has 112 valence electrons. The van der Waals surface area contributed by atoms with E-state index in [2.05, 4.69) is 10.3 Å². The van der Waals surface area contributed by atoms with Gasteiger partial charge in [0.05, 0.1) is 17.9 Å². The highest BCUT2D eigenvalue weighted by Gasteiger charge is 2.24. The molecule has 0 bridgehead atoms. The van der Waals surface area contributed by atoms with Crippen LogP contribution in [-0.4, -0.2) is 40.5 Å². The van der Waals surface area contributed by atoms with Gasteiger partial charge in [-0.05, 0) is 12.8 Å². The molecule has 1 aromatic heterocycles. The molecule has 1 saturated carbocycles. The minimum atomic E-state index is 0.0620. The molecule has 1 aliphatic carbocycles. The number of hydrogen-bond donors (Lipinski definition) is 1. The van der Waals surface area contributed by atoms with Crippen molar-refractivity contribution in [3.8, 4) is 0 Å². The van der Waals surface area contributed by atoms with Crippen LogP contribution in [0.3, 0.4) is 0 Å². The van der Waals surface area contributed by atoms with Crippen molar-refractivity contribution in [3.05, 3.63) is 12.4 Å². The van der Waals surface area contributed by atoms with Crippen molar-refractivity contribution < 1.29 is 9.53 Å². The summed E-state index contributed by atoms with van der Waals surface area (Å²) in [6, 6.07) is 0.150. The Morgan fingerprint density at radius 3 is 3.00 bits per heavy atom. The molecule has 1 N–H and O–H groups in total. The quantitative estimate of drug-likeness (QED) is 0.667. The highest BCUT2D eigenvalue weighted by molar-refractivity contribution is 7.99. The summed E-state index contributed by atoms with van der Waals surface area (Å²) >= 11 is 1.46. The molecule has 5 nitrogen and oxygen atoms in total. The van der Waals surface area contributed by atoms with Crippen molar-refractivity contribution in [1.82, 2.24) is 14.9 Å². The first-order valence-corrected chi connectivity index (χ1v) is 8.11. The molecule has 0 saturated heterocycles. The van der Waals surface area contributed by atoms with Crippen LogP contribution in [0.25, 0.3) is 0 Å². The van der Waals surface area contributed by atoms with E-state index in [0.717, 1.165) is 24.4 Å². The van der Waals surface area contributed by atoms with E-state index < -0.39 is 0 Å². The molecular weight excluding hydrogens is 274 g/mol. The Morgan fingerprint density at radius 1 is 1.50 bits per heavy atom. The number of aryl methyl sites for hydroxylation is 1. The summed E-state index contributed by atoms with van der Waals surface area (Å²) in [6.07, 6.45) is 9.41. The highest BCUT2D eigenvalue weighted by atomic mass is 32.2. The van der Waals surface area contributed by atoms with Crippen LogP contribution in [0.5, 0.6) is 0 Å². The minimum absolute atomic E-state index is 0.0620. The van der Waals surface area contributed by atoms with Crippen LogP contribution in [-0.2, 0) is 16.6 Å². The monoisotopic (exact) mass is 297 g/mol. The lowest BCUT2D eigenvalue weighted by Gasteiger charge is -2.24. The number of nitrogens with zero attached hydrogens (tertiary/aromatic N) is 2. The van der Waals surface area contributed by atoms with Gasteiger partial charge in [0.25, 0.3) is 0 Å². The lowest BCUT2D eigenvalue weighted by molar-refractivity contribution is -0.120. The molecule has 1 aliphatic rings. The third-order valence-corrected chi connectivity index (χ3v) is 4.77. The van der Waals surface area contributed by atoms with Crippen LogP contribution in [0.4, 0.5) is 0 Å². The summed E-state index contributed by atoms with van der Waals surface area (Å²) in [4.78, 5) is 16.3. The van der Waals surface area contributed by atoms with E-state index in [9.17, 15) is 4.79 Å². The molecule has 0 aliphatic heterocycles. The van der Waals surface area contributed by atoms with Crippen LogP contribution >= 0.6 is 11.8 Å². The number of ether oxygens (including phenoxy) is 1. The number of methoxy groups -OCH3 is 1. The second-order valence-corrected chi connectivity index (χ2v) is 6.14. The summed E-state index contributed by atoms with van der Waals surface area (Å²) in [6.45, 7) is 0. The number of hydrogen-bond acceptors (Lipinski definition) is 4. The number of aromatic nitrogens is 2. The van der Waals surface area contributed by atoms with Crippen molar-refractivity contribution in [2.75, 3.05) is 12.9 Å². The number of imidazole rings is 1. The van der Waals surface area contributed by atoms with Crippen molar-refractivity contribution in [1.29, 1.82) is 0 Å². The third-order valence-electron chi connectivity index (χ3n) is 3.71. The first kappa shape index (κ1) is 15.4. The van der Waals surface area contributed by atoms with E-state index in [-0.39, 0.29) is 18.1 Å². The number of carbonyl (C=O) groups is 1. The maximum Gasteiger partial charge on any atom is 0.230 e. The van der Waals surface area contributed by atoms with Gasteiger partial charge in [-0.25, -0.2) is 4.98 Å². The van der Waals surface area contributed by atoms with Crippen molar-refractivity contribution in [2.24, 2.45) is 7.05 Å². The smallest absolute Gasteiger partial charge is 0.230 e. The second-order valence-electron chi connectivity index (χ2n) is 5.20. The summed E-state index contributed by atoms with van der Waals surface area (Å²) < 4.78 is 7.43. The molecule has 0 radical (unpaired) electrons. The van der Waals surface area contributed by atoms with Crippen LogP contribution in [0.1, 0.15) is 32.1 Å². The Balaban J connectivity index is 1.82. The van der Waals surface area contributed by atoms with Crippen LogP contribution < -0.4 is 5.32 Å². The molecule has 20 heavy (non-hydrogen) atoms. The average Bonchev–Trinajstić information content (AvgIpc) is 2.71. The van der Waals surface area contributed by atoms with E-state index in [1.165, 1.54) is 24.6 Å². The number of amides is 1. The van der Waals surface area contributed by atoms with Crippen molar-refractivity contribution in [3.63, 3.8) is 0 Å². The van der Waals surface area contributed by atoms with E-state index >= 15 is 0 Å². The molecule has 0 aromatic carbocycles. The number of carbonyl (C=O) groups excluding carboxylic acids is 1. The van der Waals surface area contributed by atoms with Gasteiger partial charge < -0.3 is 14.6 Å². The zero-order valence-electron chi connectivity index (χ0n) is 12.2. The first-order valence-electron chi connectivity index (χ1n) is 7.13. The Hall–Kier alpha value is -1.01. The van der Waals surface area contributed by atoms with Crippen molar-refractivity contribution in [2.45, 2.75) is 49.4 Å². The minimum Gasteiger partial charge on any atom is -0.379 e. The maximum atomic E-state index is 12.1. The van der Waals surface area contributed by atoms with Gasteiger partial charge in [-0.1, -0.05) is 31.0 Å². The van der Waals surface area contributed by atoms with E-state index in [1.54, 1.807) is 13.3 Å². The molecule has 0 spiro atoms. The van der Waals surface area contributed by atoms with E-state index in [1.807, 2.05) is 17.8 Å². The number of rotatable bonds is 5. The molecule has 1 aromatic rings. The zero-order valence-corrected chi connectivity index (χ0v) is 13.0. The summed E-state index contributed by atoms with van der Waals surface area (Å²) in [7, 11) is 3.66. The zero-order chi connectivity index (χ0) is 14.4. The van der Waals surface area contributed by atoms with Gasteiger partial charge in [-0.2, -0.15) is 0 Å². The molecule has 2 rings (SSSR count). The van der Waals surface area contributed by atoms with Crippen LogP contribution in [0.15, 0.2) is 17.6 Å². The Morgan fingerprint density at radius 2 is 2.30 bits per heavy atom. The number of thioether (sulfide) groups is 1. The van der Waals surface area contributed by atoms with E-state index in [4.69, 9.17) is 4.74 Å². The van der Waals surface area contributed by atoms with Crippen molar-refractivity contribution >= 4 is 17.7 Å². The molecule has 0 unspecified atom stereocenters. The lowest BCUT2D eigenvalue weighted by atomic mass is 10.1. The molecule has 6 heteroatoms. The number of nitrogens with one attached hydrogen (secondary N) is 1. The normalized spacial score (nSPS) is 23.3. The molecule has 2 atom stereocenters. The van der Waals surface area contributed by atoms with Crippen LogP contribution in [0.2, 0.25) is 0 Å². The van der Waals surface area contributed by atoms with Gasteiger partial charge in [0.2, 0.25) is 5.91 Å². The predicted octanol–water partition coefficient (Wildman–Crippen LogP) is 1.98. The van der Waals surface area contributed by atoms with Crippen LogP contribution in [0, 0.1) is 0 Å². The summed E-state index contributed by atoms with van der Waals surface area (Å²) in [5.41, 5.74) is 0. The first-order chi connectivity index (χ1) is 9.70. The third kappa shape index (κ3) is 4.24. The maximum absolute atomic E-state index is 12.1. The van der Waals surface area contributed by atoms with Gasteiger partial charge in [0.15, 0.2) is 5.16 Å². The average molecular weight is 297 g/mol. The Labute approximate surface area is 124 Å². The fourth-order valence-corrected chi connectivity index (χ4v) is 3.33. The lowest BCUT2D eigenvalue weighted by Crippen LogP contribution is -2.44. The highest BCUT2D eigenvalue weighted by Crippen LogP contribution is 2.21. The Bertz CT molecular complexity index is 436. The molecule has 1 amide bonds. The summed E-state index contributed by atoms with van der Waals surface area (Å²) in [5.74, 6) is 0.463. The topological polar surface area (TPSA) is 56.1 Å². The van der Waals surface area contributed by atoms with E-state index in [0.29, 0.717) is 5.75 Å². The largest absolute Gasteiger partial charge is 0.379 e. The van der Waals surface area contributed by atoms with Gasteiger partial charge in [-0.15, -0.1) is 0 Å². The fraction of sp³-hybridized carbons (Fsp3) is 0.714. The standard InChI is InChI=1S/C14H23N3O2S/c1-17-9-8-15-14(17)20-10-13(18)16-11-6-4-3-5-7-12(11)19-2/h8-9,11-12H,3-7,10H2,1-2H3,(H,16,18)/t11-,12+/m1/s1. The second kappa shape index (κ2) is 7.69. The predicted molar refractivity (Wildman–Crippen MR) is 79.7 cm³/mol. The molecule has 1 fully saturated rings. The van der Waals surface area contributed by atoms with Gasteiger partial charge in [-0.3, -0.25) is 4.79 Å². The molecule has 1 heterocycles. The summed E-state index contributed by atoms with van der Waals surface area (Å²) in [5, 5.41) is 3.99.